The fourth-order valence-corrected chi connectivity index (χ4v) is 1.50. The summed E-state index contributed by atoms with van der Waals surface area (Å²) in [6.45, 7) is 2.02. The van der Waals surface area contributed by atoms with Crippen LogP contribution in [0.5, 0.6) is 0 Å². The molecule has 0 amide bonds. The van der Waals surface area contributed by atoms with Crippen molar-refractivity contribution in [2.24, 2.45) is 5.16 Å². The molecule has 70 valence electrons. The maximum Gasteiger partial charge on any atom is 0.0994 e. The average Bonchev–Trinajstić information content (AvgIpc) is 2.20. The third-order valence-electron chi connectivity index (χ3n) is 1.92. The highest BCUT2D eigenvalue weighted by Gasteiger charge is 2.11. The lowest BCUT2D eigenvalue weighted by Crippen LogP contribution is -2.14. The highest BCUT2D eigenvalue weighted by atomic mass is 32.2. The SMILES string of the molecule is CSC(C)C(=NO)c1ccccc1. The summed E-state index contributed by atoms with van der Waals surface area (Å²) in [4.78, 5) is 0. The molecule has 2 nitrogen and oxygen atoms in total. The molecule has 1 unspecified atom stereocenters. The first kappa shape index (κ1) is 10.1. The molecular weight excluding hydrogens is 182 g/mol. The number of benzene rings is 1. The van der Waals surface area contributed by atoms with Crippen molar-refractivity contribution < 1.29 is 5.21 Å². The van der Waals surface area contributed by atoms with Crippen LogP contribution in [0.25, 0.3) is 0 Å². The van der Waals surface area contributed by atoms with Crippen molar-refractivity contribution in [3.63, 3.8) is 0 Å². The second kappa shape index (κ2) is 4.92. The van der Waals surface area contributed by atoms with Crippen LogP contribution in [-0.4, -0.2) is 22.4 Å². The molecule has 0 aliphatic carbocycles. The summed E-state index contributed by atoms with van der Waals surface area (Å²) in [5, 5.41) is 12.4. The predicted molar refractivity (Wildman–Crippen MR) is 57.7 cm³/mol. The molecule has 3 heteroatoms. The molecule has 0 saturated carbocycles. The van der Waals surface area contributed by atoms with Crippen LogP contribution in [0.4, 0.5) is 0 Å². The van der Waals surface area contributed by atoms with E-state index in [9.17, 15) is 0 Å². The summed E-state index contributed by atoms with van der Waals surface area (Å²) in [5.74, 6) is 0. The molecule has 0 aliphatic heterocycles. The molecule has 13 heavy (non-hydrogen) atoms. The molecule has 0 aliphatic rings. The highest BCUT2D eigenvalue weighted by molar-refractivity contribution is 7.99. The smallest absolute Gasteiger partial charge is 0.0994 e. The van der Waals surface area contributed by atoms with Crippen LogP contribution in [0, 0.1) is 0 Å². The van der Waals surface area contributed by atoms with Gasteiger partial charge >= 0.3 is 0 Å². The van der Waals surface area contributed by atoms with Crippen LogP contribution in [-0.2, 0) is 0 Å². The molecule has 0 radical (unpaired) electrons. The van der Waals surface area contributed by atoms with E-state index in [-0.39, 0.29) is 5.25 Å². The monoisotopic (exact) mass is 195 g/mol. The average molecular weight is 195 g/mol. The Bertz CT molecular complexity index is 284. The van der Waals surface area contributed by atoms with Crippen molar-refractivity contribution in [2.45, 2.75) is 12.2 Å². The zero-order valence-electron chi connectivity index (χ0n) is 7.77. The van der Waals surface area contributed by atoms with Gasteiger partial charge in [-0.05, 0) is 13.2 Å². The lowest BCUT2D eigenvalue weighted by atomic mass is 10.1. The van der Waals surface area contributed by atoms with Gasteiger partial charge in [-0.2, -0.15) is 11.8 Å². The molecule has 0 fully saturated rings. The van der Waals surface area contributed by atoms with E-state index < -0.39 is 0 Å². The summed E-state index contributed by atoms with van der Waals surface area (Å²) in [6.07, 6.45) is 2.00. The van der Waals surface area contributed by atoms with Gasteiger partial charge in [0, 0.05) is 10.8 Å². The van der Waals surface area contributed by atoms with Crippen LogP contribution in [0.15, 0.2) is 35.5 Å². The highest BCUT2D eigenvalue weighted by Crippen LogP contribution is 2.13. The number of hydrogen-bond acceptors (Lipinski definition) is 3. The van der Waals surface area contributed by atoms with Crippen molar-refractivity contribution in [1.82, 2.24) is 0 Å². The first-order chi connectivity index (χ1) is 6.29. The Hall–Kier alpha value is -0.960. The number of thioether (sulfide) groups is 1. The fourth-order valence-electron chi connectivity index (χ4n) is 1.09. The quantitative estimate of drug-likeness (QED) is 0.457. The topological polar surface area (TPSA) is 32.6 Å². The Morgan fingerprint density at radius 2 is 2.00 bits per heavy atom. The maximum absolute atomic E-state index is 8.86. The number of nitrogens with zero attached hydrogens (tertiary/aromatic N) is 1. The molecule has 0 saturated heterocycles. The van der Waals surface area contributed by atoms with E-state index in [0.717, 1.165) is 11.3 Å². The Balaban J connectivity index is 2.93. The number of hydrogen-bond donors (Lipinski definition) is 1. The van der Waals surface area contributed by atoms with Gasteiger partial charge in [0.1, 0.15) is 0 Å². The molecule has 1 N–H and O–H groups in total. The first-order valence-electron chi connectivity index (χ1n) is 4.09. The lowest BCUT2D eigenvalue weighted by molar-refractivity contribution is 0.318. The summed E-state index contributed by atoms with van der Waals surface area (Å²) in [7, 11) is 0. The van der Waals surface area contributed by atoms with Crippen LogP contribution < -0.4 is 0 Å². The summed E-state index contributed by atoms with van der Waals surface area (Å²) in [6, 6.07) is 9.72. The predicted octanol–water partition coefficient (Wildman–Crippen LogP) is 2.62. The van der Waals surface area contributed by atoms with Gasteiger partial charge in [-0.15, -0.1) is 0 Å². The van der Waals surface area contributed by atoms with E-state index in [2.05, 4.69) is 5.16 Å². The van der Waals surface area contributed by atoms with Crippen LogP contribution >= 0.6 is 11.8 Å². The molecule has 0 heterocycles. The Morgan fingerprint density at radius 1 is 1.38 bits per heavy atom. The lowest BCUT2D eigenvalue weighted by Gasteiger charge is -2.09. The van der Waals surface area contributed by atoms with E-state index in [1.54, 1.807) is 11.8 Å². The van der Waals surface area contributed by atoms with E-state index in [4.69, 9.17) is 5.21 Å². The van der Waals surface area contributed by atoms with Gasteiger partial charge in [-0.25, -0.2) is 0 Å². The zero-order chi connectivity index (χ0) is 9.68. The van der Waals surface area contributed by atoms with Crippen molar-refractivity contribution in [3.8, 4) is 0 Å². The van der Waals surface area contributed by atoms with Crippen LogP contribution in [0.1, 0.15) is 12.5 Å². The standard InChI is InChI=1S/C10H13NOS/c1-8(13-2)10(11-12)9-6-4-3-5-7-9/h3-8,12H,1-2H3. The van der Waals surface area contributed by atoms with Crippen molar-refractivity contribution in [2.75, 3.05) is 6.26 Å². The van der Waals surface area contributed by atoms with Gasteiger partial charge in [0.15, 0.2) is 0 Å². The molecule has 1 aromatic carbocycles. The normalized spacial score (nSPS) is 14.2. The zero-order valence-corrected chi connectivity index (χ0v) is 8.58. The Kier molecular flexibility index (Phi) is 3.83. The fraction of sp³-hybridized carbons (Fsp3) is 0.300. The minimum absolute atomic E-state index is 0.215. The molecule has 1 aromatic rings. The van der Waals surface area contributed by atoms with Crippen LogP contribution in [0.3, 0.4) is 0 Å². The maximum atomic E-state index is 8.86. The molecular formula is C10H13NOS. The second-order valence-electron chi connectivity index (χ2n) is 2.73. The Labute approximate surface area is 82.7 Å². The van der Waals surface area contributed by atoms with E-state index >= 15 is 0 Å². The molecule has 0 aromatic heterocycles. The summed E-state index contributed by atoms with van der Waals surface area (Å²) in [5.41, 5.74) is 1.71. The van der Waals surface area contributed by atoms with Crippen molar-refractivity contribution in [1.29, 1.82) is 0 Å². The van der Waals surface area contributed by atoms with Gasteiger partial charge in [-0.1, -0.05) is 35.5 Å². The van der Waals surface area contributed by atoms with Gasteiger partial charge in [-0.3, -0.25) is 0 Å². The molecule has 1 atom stereocenters. The van der Waals surface area contributed by atoms with Gasteiger partial charge in [0.25, 0.3) is 0 Å². The minimum Gasteiger partial charge on any atom is -0.411 e. The van der Waals surface area contributed by atoms with Crippen LogP contribution in [0.2, 0.25) is 0 Å². The largest absolute Gasteiger partial charge is 0.411 e. The summed E-state index contributed by atoms with van der Waals surface area (Å²) >= 11 is 1.66. The van der Waals surface area contributed by atoms with Gasteiger partial charge in [0.05, 0.1) is 5.71 Å². The third-order valence-corrected chi connectivity index (χ3v) is 2.85. The number of rotatable bonds is 3. The van der Waals surface area contributed by atoms with Gasteiger partial charge in [0.2, 0.25) is 0 Å². The van der Waals surface area contributed by atoms with Gasteiger partial charge < -0.3 is 5.21 Å². The third kappa shape index (κ3) is 2.49. The number of oxime groups is 1. The van der Waals surface area contributed by atoms with E-state index in [1.807, 2.05) is 43.5 Å². The van der Waals surface area contributed by atoms with E-state index in [0.29, 0.717) is 0 Å². The van der Waals surface area contributed by atoms with E-state index in [1.165, 1.54) is 0 Å². The summed E-state index contributed by atoms with van der Waals surface area (Å²) < 4.78 is 0. The molecule has 1 rings (SSSR count). The minimum atomic E-state index is 0.215. The van der Waals surface area contributed by atoms with Crippen molar-refractivity contribution >= 4 is 17.5 Å². The first-order valence-corrected chi connectivity index (χ1v) is 5.38. The molecule has 0 spiro atoms. The van der Waals surface area contributed by atoms with Crippen molar-refractivity contribution in [3.05, 3.63) is 35.9 Å². The second-order valence-corrected chi connectivity index (χ2v) is 3.91. The Morgan fingerprint density at radius 3 is 2.46 bits per heavy atom. The molecule has 0 bridgehead atoms.